The number of piperidine rings is 1. The van der Waals surface area contributed by atoms with Crippen molar-refractivity contribution in [1.82, 2.24) is 10.2 Å². The summed E-state index contributed by atoms with van der Waals surface area (Å²) in [6.45, 7) is 2.09. The van der Waals surface area contributed by atoms with Gasteiger partial charge in [0.15, 0.2) is 0 Å². The Morgan fingerprint density at radius 3 is 2.87 bits per heavy atom. The van der Waals surface area contributed by atoms with E-state index in [1.807, 2.05) is 4.90 Å². The molecule has 0 bridgehead atoms. The molecular formula is C9H16BrN3O2. The van der Waals surface area contributed by atoms with E-state index >= 15 is 0 Å². The van der Waals surface area contributed by atoms with Gasteiger partial charge in [0.1, 0.15) is 0 Å². The van der Waals surface area contributed by atoms with Gasteiger partial charge in [-0.25, -0.2) is 4.79 Å². The van der Waals surface area contributed by atoms with Crippen LogP contribution in [0.4, 0.5) is 4.79 Å². The minimum atomic E-state index is -0.501. The lowest BCUT2D eigenvalue weighted by atomic mass is 9.98. The maximum atomic E-state index is 11.4. The van der Waals surface area contributed by atoms with Crippen LogP contribution >= 0.6 is 15.9 Å². The number of hydrogen-bond acceptors (Lipinski definition) is 2. The number of hydrogen-bond donors (Lipinski definition) is 2. The molecule has 6 heteroatoms. The van der Waals surface area contributed by atoms with E-state index in [2.05, 4.69) is 21.2 Å². The van der Waals surface area contributed by atoms with Crippen LogP contribution in [-0.4, -0.2) is 41.8 Å². The predicted molar refractivity (Wildman–Crippen MR) is 60.7 cm³/mol. The number of alkyl halides is 1. The number of amides is 3. The molecule has 1 atom stereocenters. The lowest BCUT2D eigenvalue weighted by Crippen LogP contribution is -2.44. The van der Waals surface area contributed by atoms with Crippen molar-refractivity contribution in [2.24, 2.45) is 11.7 Å². The van der Waals surface area contributed by atoms with Crippen LogP contribution in [0.5, 0.6) is 0 Å². The van der Waals surface area contributed by atoms with E-state index < -0.39 is 6.03 Å². The molecule has 1 fully saturated rings. The smallest absolute Gasteiger partial charge is 0.312 e. The van der Waals surface area contributed by atoms with Gasteiger partial charge in [0.25, 0.3) is 0 Å². The Labute approximate surface area is 97.5 Å². The number of halogens is 1. The Bertz CT molecular complexity index is 248. The Hall–Kier alpha value is -0.780. The number of nitrogens with two attached hydrogens (primary N) is 1. The lowest BCUT2D eigenvalue weighted by Gasteiger charge is -2.32. The highest BCUT2D eigenvalue weighted by molar-refractivity contribution is 9.09. The number of nitrogens with zero attached hydrogens (tertiary/aromatic N) is 1. The Balaban J connectivity index is 2.35. The average molecular weight is 278 g/mol. The van der Waals surface area contributed by atoms with Crippen molar-refractivity contribution >= 4 is 27.9 Å². The van der Waals surface area contributed by atoms with Gasteiger partial charge in [-0.05, 0) is 18.8 Å². The molecule has 1 aliphatic rings. The Morgan fingerprint density at radius 1 is 1.53 bits per heavy atom. The lowest BCUT2D eigenvalue weighted by molar-refractivity contribution is -0.129. The van der Waals surface area contributed by atoms with E-state index in [4.69, 9.17) is 5.73 Å². The summed E-state index contributed by atoms with van der Waals surface area (Å²) < 4.78 is 0. The molecule has 1 rings (SSSR count). The molecule has 86 valence electrons. The first-order valence-corrected chi connectivity index (χ1v) is 6.12. The van der Waals surface area contributed by atoms with Crippen LogP contribution in [0, 0.1) is 5.92 Å². The summed E-state index contributed by atoms with van der Waals surface area (Å²) in [7, 11) is 0. The summed E-state index contributed by atoms with van der Waals surface area (Å²) >= 11 is 3.15. The van der Waals surface area contributed by atoms with Crippen LogP contribution in [-0.2, 0) is 4.79 Å². The van der Waals surface area contributed by atoms with Crippen molar-refractivity contribution in [2.75, 3.05) is 25.0 Å². The summed E-state index contributed by atoms with van der Waals surface area (Å²) in [5.41, 5.74) is 4.99. The van der Waals surface area contributed by atoms with Gasteiger partial charge in [0.05, 0.1) is 5.33 Å². The van der Waals surface area contributed by atoms with Gasteiger partial charge in [-0.2, -0.15) is 0 Å². The van der Waals surface area contributed by atoms with Crippen molar-refractivity contribution in [3.05, 3.63) is 0 Å². The molecule has 3 amide bonds. The van der Waals surface area contributed by atoms with Gasteiger partial charge in [-0.15, -0.1) is 0 Å². The van der Waals surface area contributed by atoms with E-state index in [1.165, 1.54) is 0 Å². The molecule has 0 aromatic heterocycles. The number of carbonyl (C=O) groups is 2. The minimum absolute atomic E-state index is 0.110. The van der Waals surface area contributed by atoms with Gasteiger partial charge in [-0.3, -0.25) is 4.79 Å². The SMILES string of the molecule is NC(=O)NCC1CCCN(C(=O)CBr)C1. The van der Waals surface area contributed by atoms with Crippen molar-refractivity contribution in [2.45, 2.75) is 12.8 Å². The fourth-order valence-electron chi connectivity index (χ4n) is 1.79. The molecule has 1 aliphatic heterocycles. The van der Waals surface area contributed by atoms with Crippen LogP contribution in [0.3, 0.4) is 0 Å². The Kier molecular flexibility index (Phi) is 4.87. The van der Waals surface area contributed by atoms with E-state index in [0.29, 0.717) is 24.3 Å². The first-order chi connectivity index (χ1) is 7.13. The summed E-state index contributed by atoms with van der Waals surface area (Å²) in [6, 6.07) is -0.501. The minimum Gasteiger partial charge on any atom is -0.352 e. The molecule has 5 nitrogen and oxygen atoms in total. The summed E-state index contributed by atoms with van der Waals surface area (Å²) in [5, 5.41) is 2.95. The monoisotopic (exact) mass is 277 g/mol. The normalized spacial score (nSPS) is 21.1. The zero-order valence-corrected chi connectivity index (χ0v) is 10.1. The van der Waals surface area contributed by atoms with E-state index in [9.17, 15) is 9.59 Å². The molecule has 0 aromatic rings. The van der Waals surface area contributed by atoms with Crippen LogP contribution in [0.15, 0.2) is 0 Å². The van der Waals surface area contributed by atoms with Crippen molar-refractivity contribution < 1.29 is 9.59 Å². The maximum absolute atomic E-state index is 11.4. The van der Waals surface area contributed by atoms with Gasteiger partial charge >= 0.3 is 6.03 Å². The van der Waals surface area contributed by atoms with Crippen LogP contribution in [0.2, 0.25) is 0 Å². The zero-order valence-electron chi connectivity index (χ0n) is 8.54. The highest BCUT2D eigenvalue weighted by Crippen LogP contribution is 2.16. The third-order valence-electron chi connectivity index (χ3n) is 2.55. The number of nitrogens with one attached hydrogen (secondary N) is 1. The zero-order chi connectivity index (χ0) is 11.3. The molecule has 0 spiro atoms. The first kappa shape index (κ1) is 12.3. The molecule has 0 saturated carbocycles. The fourth-order valence-corrected chi connectivity index (χ4v) is 2.14. The number of primary amides is 1. The molecule has 1 saturated heterocycles. The van der Waals surface area contributed by atoms with Gasteiger partial charge in [0, 0.05) is 19.6 Å². The molecule has 1 heterocycles. The average Bonchev–Trinajstić information content (AvgIpc) is 2.25. The highest BCUT2D eigenvalue weighted by Gasteiger charge is 2.22. The summed E-state index contributed by atoms with van der Waals surface area (Å²) in [5.74, 6) is 0.438. The second-order valence-corrected chi connectivity index (χ2v) is 4.29. The highest BCUT2D eigenvalue weighted by atomic mass is 79.9. The number of rotatable bonds is 3. The quantitative estimate of drug-likeness (QED) is 0.728. The topological polar surface area (TPSA) is 75.4 Å². The van der Waals surface area contributed by atoms with Crippen molar-refractivity contribution in [3.8, 4) is 0 Å². The maximum Gasteiger partial charge on any atom is 0.312 e. The third kappa shape index (κ3) is 4.07. The van der Waals surface area contributed by atoms with Crippen molar-refractivity contribution in [3.63, 3.8) is 0 Å². The first-order valence-electron chi connectivity index (χ1n) is 5.00. The molecule has 0 aliphatic carbocycles. The molecule has 1 unspecified atom stereocenters. The number of likely N-dealkylation sites (tertiary alicyclic amines) is 1. The van der Waals surface area contributed by atoms with Gasteiger partial charge in [-0.1, -0.05) is 15.9 Å². The summed E-state index contributed by atoms with van der Waals surface area (Å²) in [6.07, 6.45) is 2.02. The molecule has 15 heavy (non-hydrogen) atoms. The molecule has 3 N–H and O–H groups in total. The number of carbonyl (C=O) groups excluding carboxylic acids is 2. The van der Waals surface area contributed by atoms with Crippen LogP contribution in [0.25, 0.3) is 0 Å². The van der Waals surface area contributed by atoms with Gasteiger partial charge < -0.3 is 16.0 Å². The molecule has 0 radical (unpaired) electrons. The van der Waals surface area contributed by atoms with E-state index in [1.54, 1.807) is 0 Å². The predicted octanol–water partition coefficient (Wildman–Crippen LogP) is 0.288. The third-order valence-corrected chi connectivity index (χ3v) is 3.03. The largest absolute Gasteiger partial charge is 0.352 e. The van der Waals surface area contributed by atoms with Crippen LogP contribution in [0.1, 0.15) is 12.8 Å². The van der Waals surface area contributed by atoms with E-state index in [0.717, 1.165) is 19.4 Å². The van der Waals surface area contributed by atoms with Crippen molar-refractivity contribution in [1.29, 1.82) is 0 Å². The summed E-state index contributed by atoms with van der Waals surface area (Å²) in [4.78, 5) is 23.8. The fraction of sp³-hybridized carbons (Fsp3) is 0.778. The molecule has 0 aromatic carbocycles. The second-order valence-electron chi connectivity index (χ2n) is 3.73. The standard InChI is InChI=1S/C9H16BrN3O2/c10-4-8(14)13-3-1-2-7(6-13)5-12-9(11)15/h7H,1-6H2,(H3,11,12,15). The van der Waals surface area contributed by atoms with Crippen LogP contribution < -0.4 is 11.1 Å². The second kappa shape index (κ2) is 5.95. The van der Waals surface area contributed by atoms with E-state index in [-0.39, 0.29) is 5.91 Å². The Morgan fingerprint density at radius 2 is 2.27 bits per heavy atom. The number of urea groups is 1. The molecular weight excluding hydrogens is 262 g/mol. The van der Waals surface area contributed by atoms with Gasteiger partial charge in [0.2, 0.25) is 5.91 Å².